The summed E-state index contributed by atoms with van der Waals surface area (Å²) < 4.78 is 0. The van der Waals surface area contributed by atoms with Crippen LogP contribution in [-0.2, 0) is 0 Å². The summed E-state index contributed by atoms with van der Waals surface area (Å²) in [5.74, 6) is 2.87. The van der Waals surface area contributed by atoms with Crippen molar-refractivity contribution in [1.82, 2.24) is 20.2 Å². The first-order chi connectivity index (χ1) is 15.5. The molecule has 1 aromatic heterocycles. The number of nitrogens with one attached hydrogen (secondary N) is 1. The van der Waals surface area contributed by atoms with Crippen molar-refractivity contribution < 1.29 is 0 Å². The molecule has 1 fully saturated rings. The van der Waals surface area contributed by atoms with E-state index in [2.05, 4.69) is 45.4 Å². The molecule has 7 nitrogen and oxygen atoms in total. The number of nitriles is 2. The van der Waals surface area contributed by atoms with Gasteiger partial charge in [0.15, 0.2) is 0 Å². The molecule has 2 aliphatic rings. The molecule has 164 valence electrons. The molecule has 0 radical (unpaired) electrons. The summed E-state index contributed by atoms with van der Waals surface area (Å²) in [5, 5.41) is 22.2. The van der Waals surface area contributed by atoms with Crippen LogP contribution in [0.1, 0.15) is 35.7 Å². The summed E-state index contributed by atoms with van der Waals surface area (Å²) in [4.78, 5) is 15.8. The van der Waals surface area contributed by atoms with Gasteiger partial charge in [-0.15, -0.1) is 0 Å². The maximum atomic E-state index is 9.44. The molecule has 0 amide bonds. The molecule has 1 atom stereocenters. The Morgan fingerprint density at radius 1 is 1.16 bits per heavy atom. The molecular formula is C24H28N7P. The zero-order valence-corrected chi connectivity index (χ0v) is 19.5. The van der Waals surface area contributed by atoms with E-state index in [1.807, 2.05) is 30.5 Å². The first kappa shape index (κ1) is 22.1. The fraction of sp³-hybridized carbons (Fsp3) is 0.375. The van der Waals surface area contributed by atoms with E-state index in [0.717, 1.165) is 54.6 Å². The van der Waals surface area contributed by atoms with Crippen molar-refractivity contribution in [1.29, 1.82) is 10.5 Å². The van der Waals surface area contributed by atoms with Gasteiger partial charge in [0.2, 0.25) is 0 Å². The second-order valence-corrected chi connectivity index (χ2v) is 13.4. The Morgan fingerprint density at radius 3 is 2.59 bits per heavy atom. The van der Waals surface area contributed by atoms with Crippen LogP contribution in [0.5, 0.6) is 0 Å². The molecule has 2 aliphatic heterocycles. The topological polar surface area (TPSA) is 101 Å². The van der Waals surface area contributed by atoms with E-state index in [1.54, 1.807) is 12.4 Å². The summed E-state index contributed by atoms with van der Waals surface area (Å²) >= 11 is 0. The maximum absolute atomic E-state index is 9.44. The molecule has 1 unspecified atom stereocenters. The van der Waals surface area contributed by atoms with Gasteiger partial charge in [-0.25, -0.2) is 0 Å². The van der Waals surface area contributed by atoms with Crippen molar-refractivity contribution in [3.63, 3.8) is 0 Å². The van der Waals surface area contributed by atoms with Gasteiger partial charge in [-0.2, -0.15) is 0 Å². The van der Waals surface area contributed by atoms with E-state index >= 15 is 0 Å². The third kappa shape index (κ3) is 5.02. The van der Waals surface area contributed by atoms with Gasteiger partial charge in [0.05, 0.1) is 0 Å². The molecule has 2 aromatic rings. The van der Waals surface area contributed by atoms with Crippen LogP contribution >= 0.6 is 7.26 Å². The standard InChI is InChI=1S/C24H28N7P/c1-32(2,15-26)17-31-8-6-19(7-9-31)23-22(20-5-3-4-18(10-20)11-25)14-29-24(30-23)21-12-27-16-28-13-21/h3-5,10,12-14,16,19,24,29,32H,6-9,17H2,1-2H3. The number of hydrogen-bond donors (Lipinski definition) is 1. The SMILES string of the molecule is C[PH](C)(C#N)CN1CCC(C2=NC(c3cncnc3)NC=C2c2cccc(C#N)c2)CC1. The summed E-state index contributed by atoms with van der Waals surface area (Å²) in [6.45, 7) is 6.21. The average molecular weight is 446 g/mol. The summed E-state index contributed by atoms with van der Waals surface area (Å²) in [6.07, 6.45) is 9.82. The van der Waals surface area contributed by atoms with Crippen LogP contribution in [0.2, 0.25) is 0 Å². The molecule has 1 aromatic carbocycles. The average Bonchev–Trinajstić information content (AvgIpc) is 2.84. The second-order valence-electron chi connectivity index (χ2n) is 9.05. The van der Waals surface area contributed by atoms with Gasteiger partial charge in [0.1, 0.15) is 0 Å². The van der Waals surface area contributed by atoms with Crippen LogP contribution in [-0.4, -0.2) is 53.3 Å². The van der Waals surface area contributed by atoms with Gasteiger partial charge < -0.3 is 0 Å². The minimum atomic E-state index is -1.82. The minimum absolute atomic E-state index is 0.225. The van der Waals surface area contributed by atoms with E-state index < -0.39 is 7.26 Å². The van der Waals surface area contributed by atoms with E-state index in [-0.39, 0.29) is 6.17 Å². The molecule has 0 spiro atoms. The number of nitrogens with zero attached hydrogens (tertiary/aromatic N) is 6. The quantitative estimate of drug-likeness (QED) is 0.706. The van der Waals surface area contributed by atoms with Crippen molar-refractivity contribution in [3.8, 4) is 11.9 Å². The number of benzene rings is 1. The number of aliphatic imine (C=N–C) groups is 1. The van der Waals surface area contributed by atoms with Gasteiger partial charge in [-0.3, -0.25) is 0 Å². The monoisotopic (exact) mass is 445 g/mol. The first-order valence-corrected chi connectivity index (χ1v) is 14.1. The van der Waals surface area contributed by atoms with Gasteiger partial charge in [-0.1, -0.05) is 0 Å². The first-order valence-electron chi connectivity index (χ1n) is 10.9. The van der Waals surface area contributed by atoms with Gasteiger partial charge in [0, 0.05) is 0 Å². The summed E-state index contributed by atoms with van der Waals surface area (Å²) in [6, 6.07) is 9.93. The van der Waals surface area contributed by atoms with Crippen molar-refractivity contribution in [2.45, 2.75) is 19.0 Å². The summed E-state index contributed by atoms with van der Waals surface area (Å²) in [7, 11) is -1.82. The fourth-order valence-electron chi connectivity index (χ4n) is 4.38. The Hall–Kier alpha value is -3.12. The Bertz CT molecular complexity index is 1100. The zero-order chi connectivity index (χ0) is 22.6. The Labute approximate surface area is 189 Å². The van der Waals surface area contributed by atoms with Crippen LogP contribution in [0, 0.1) is 28.3 Å². The molecule has 8 heteroatoms. The molecule has 0 aliphatic carbocycles. The molecule has 4 rings (SSSR count). The Morgan fingerprint density at radius 2 is 1.91 bits per heavy atom. The second kappa shape index (κ2) is 9.57. The zero-order valence-electron chi connectivity index (χ0n) is 18.5. The number of likely N-dealkylation sites (tertiary alicyclic amines) is 1. The Balaban J connectivity index is 1.60. The van der Waals surface area contributed by atoms with Crippen LogP contribution < -0.4 is 5.32 Å². The molecule has 0 saturated carbocycles. The van der Waals surface area contributed by atoms with Crippen molar-refractivity contribution in [3.05, 3.63) is 65.9 Å². The van der Waals surface area contributed by atoms with Crippen LogP contribution in [0.25, 0.3) is 5.57 Å². The summed E-state index contributed by atoms with van der Waals surface area (Å²) in [5.41, 5.74) is 4.67. The van der Waals surface area contributed by atoms with Crippen LogP contribution in [0.3, 0.4) is 0 Å². The van der Waals surface area contributed by atoms with Gasteiger partial charge in [0.25, 0.3) is 0 Å². The molecule has 1 N–H and O–H groups in total. The predicted octanol–water partition coefficient (Wildman–Crippen LogP) is 3.59. The molecule has 0 bridgehead atoms. The number of rotatable bonds is 5. The molecule has 1 saturated heterocycles. The Kier molecular flexibility index (Phi) is 6.61. The van der Waals surface area contributed by atoms with Crippen molar-refractivity contribution in [2.24, 2.45) is 10.9 Å². The van der Waals surface area contributed by atoms with E-state index in [9.17, 15) is 10.5 Å². The molecule has 32 heavy (non-hydrogen) atoms. The van der Waals surface area contributed by atoms with E-state index in [1.165, 1.54) is 6.33 Å². The number of piperidine rings is 1. The predicted molar refractivity (Wildman–Crippen MR) is 129 cm³/mol. The molecular weight excluding hydrogens is 417 g/mol. The van der Waals surface area contributed by atoms with Crippen molar-refractivity contribution in [2.75, 3.05) is 32.7 Å². The third-order valence-electron chi connectivity index (χ3n) is 6.02. The normalized spacial score (nSPS) is 20.3. The van der Waals surface area contributed by atoms with E-state index in [4.69, 9.17) is 4.99 Å². The third-order valence-corrected chi connectivity index (χ3v) is 7.87. The van der Waals surface area contributed by atoms with Gasteiger partial charge in [-0.05, 0) is 0 Å². The van der Waals surface area contributed by atoms with Crippen molar-refractivity contribution >= 4 is 18.5 Å². The van der Waals surface area contributed by atoms with E-state index in [0.29, 0.717) is 11.5 Å². The van der Waals surface area contributed by atoms with Crippen LogP contribution in [0.4, 0.5) is 0 Å². The van der Waals surface area contributed by atoms with Crippen LogP contribution in [0.15, 0.2) is 54.2 Å². The fourth-order valence-corrected chi connectivity index (χ4v) is 5.88. The number of allylic oxidation sites excluding steroid dienone is 1. The number of aromatic nitrogens is 2. The molecule has 3 heterocycles. The van der Waals surface area contributed by atoms with Gasteiger partial charge >= 0.3 is 190 Å². The number of hydrogen-bond acceptors (Lipinski definition) is 7.